The number of carbonyl (C=O) groups is 2. The molecule has 1 aromatic heterocycles. The molecule has 1 aliphatic carbocycles. The number of thiophene rings is 1. The molecule has 3 rings (SSSR count). The number of hydrogen-bond acceptors (Lipinski definition) is 4. The predicted molar refractivity (Wildman–Crippen MR) is 87.8 cm³/mol. The molecule has 1 aliphatic rings. The number of aliphatic hydroxyl groups is 1. The van der Waals surface area contributed by atoms with Gasteiger partial charge in [0, 0.05) is 4.88 Å². The van der Waals surface area contributed by atoms with Crippen LogP contribution in [0.2, 0.25) is 0 Å². The van der Waals surface area contributed by atoms with E-state index in [-0.39, 0.29) is 6.54 Å². The molecule has 0 unspecified atom stereocenters. The van der Waals surface area contributed by atoms with E-state index in [0.29, 0.717) is 13.0 Å². The predicted octanol–water partition coefficient (Wildman–Crippen LogP) is 1.31. The Morgan fingerprint density at radius 1 is 1.13 bits per heavy atom. The molecule has 1 heterocycles. The van der Waals surface area contributed by atoms with E-state index in [1.807, 2.05) is 41.8 Å². The fraction of sp³-hybridized carbons (Fsp3) is 0.294. The summed E-state index contributed by atoms with van der Waals surface area (Å²) in [5, 5.41) is 17.7. The van der Waals surface area contributed by atoms with E-state index in [9.17, 15) is 14.7 Å². The number of benzene rings is 1. The molecule has 23 heavy (non-hydrogen) atoms. The average molecular weight is 330 g/mol. The van der Waals surface area contributed by atoms with Gasteiger partial charge in [0.05, 0.1) is 13.1 Å². The van der Waals surface area contributed by atoms with E-state index in [2.05, 4.69) is 10.6 Å². The normalized spacial score (nSPS) is 19.2. The maximum atomic E-state index is 11.9. The summed E-state index contributed by atoms with van der Waals surface area (Å²) in [5.74, 6) is -1.41. The number of hydrogen-bond donors (Lipinski definition) is 3. The van der Waals surface area contributed by atoms with Gasteiger partial charge in [0.1, 0.15) is 5.60 Å². The molecule has 1 aromatic carbocycles. The SMILES string of the molecule is O=C(NCc1cccs1)C(=O)NC[C@]1(O)CCc2ccccc21. The zero-order valence-electron chi connectivity index (χ0n) is 12.5. The molecule has 5 nitrogen and oxygen atoms in total. The van der Waals surface area contributed by atoms with Crippen molar-refractivity contribution in [3.8, 4) is 0 Å². The van der Waals surface area contributed by atoms with Crippen LogP contribution in [-0.2, 0) is 28.2 Å². The Morgan fingerprint density at radius 2 is 1.91 bits per heavy atom. The van der Waals surface area contributed by atoms with Gasteiger partial charge in [-0.3, -0.25) is 9.59 Å². The molecule has 2 aromatic rings. The van der Waals surface area contributed by atoms with Crippen LogP contribution in [0, 0.1) is 0 Å². The molecule has 0 saturated carbocycles. The van der Waals surface area contributed by atoms with Crippen LogP contribution in [0.15, 0.2) is 41.8 Å². The maximum Gasteiger partial charge on any atom is 0.309 e. The van der Waals surface area contributed by atoms with E-state index in [4.69, 9.17) is 0 Å². The van der Waals surface area contributed by atoms with Gasteiger partial charge in [0.15, 0.2) is 0 Å². The summed E-state index contributed by atoms with van der Waals surface area (Å²) in [6.45, 7) is 0.367. The molecular weight excluding hydrogens is 312 g/mol. The van der Waals surface area contributed by atoms with Gasteiger partial charge in [-0.15, -0.1) is 11.3 Å². The second-order valence-electron chi connectivity index (χ2n) is 5.63. The summed E-state index contributed by atoms with van der Waals surface area (Å²) in [5.41, 5.74) is 0.825. The zero-order chi connectivity index (χ0) is 16.3. The molecular formula is C17H18N2O3S. The lowest BCUT2D eigenvalue weighted by atomic mass is 9.96. The van der Waals surface area contributed by atoms with E-state index in [1.54, 1.807) is 0 Å². The van der Waals surface area contributed by atoms with Crippen LogP contribution in [0.1, 0.15) is 22.4 Å². The van der Waals surface area contributed by atoms with Crippen LogP contribution >= 0.6 is 11.3 Å². The van der Waals surface area contributed by atoms with Crippen molar-refractivity contribution >= 4 is 23.2 Å². The van der Waals surface area contributed by atoms with Gasteiger partial charge in [0.2, 0.25) is 0 Å². The summed E-state index contributed by atoms with van der Waals surface area (Å²) in [6.07, 6.45) is 1.32. The van der Waals surface area contributed by atoms with Crippen molar-refractivity contribution in [2.75, 3.05) is 6.54 Å². The molecule has 0 fully saturated rings. The number of fused-ring (bicyclic) bond motifs is 1. The highest BCUT2D eigenvalue weighted by molar-refractivity contribution is 7.09. The molecule has 0 spiro atoms. The minimum atomic E-state index is -1.10. The van der Waals surface area contributed by atoms with Crippen LogP contribution in [-0.4, -0.2) is 23.5 Å². The Balaban J connectivity index is 1.54. The van der Waals surface area contributed by atoms with Crippen molar-refractivity contribution in [2.45, 2.75) is 25.0 Å². The van der Waals surface area contributed by atoms with Crippen molar-refractivity contribution < 1.29 is 14.7 Å². The van der Waals surface area contributed by atoms with Crippen molar-refractivity contribution in [2.24, 2.45) is 0 Å². The van der Waals surface area contributed by atoms with Gasteiger partial charge in [0.25, 0.3) is 0 Å². The lowest BCUT2D eigenvalue weighted by Gasteiger charge is -2.24. The highest BCUT2D eigenvalue weighted by Crippen LogP contribution is 2.36. The number of aryl methyl sites for hydroxylation is 1. The highest BCUT2D eigenvalue weighted by Gasteiger charge is 2.36. The van der Waals surface area contributed by atoms with E-state index < -0.39 is 17.4 Å². The minimum Gasteiger partial charge on any atom is -0.383 e. The molecule has 3 N–H and O–H groups in total. The topological polar surface area (TPSA) is 78.4 Å². The molecule has 120 valence electrons. The molecule has 0 aliphatic heterocycles. The Hall–Kier alpha value is -2.18. The quantitative estimate of drug-likeness (QED) is 0.740. The van der Waals surface area contributed by atoms with Gasteiger partial charge < -0.3 is 15.7 Å². The van der Waals surface area contributed by atoms with Gasteiger partial charge in [-0.2, -0.15) is 0 Å². The summed E-state index contributed by atoms with van der Waals surface area (Å²) in [7, 11) is 0. The first-order valence-electron chi connectivity index (χ1n) is 7.48. The van der Waals surface area contributed by atoms with E-state index in [0.717, 1.165) is 22.4 Å². The second kappa shape index (κ2) is 6.52. The molecule has 0 radical (unpaired) electrons. The van der Waals surface area contributed by atoms with Crippen LogP contribution in [0.4, 0.5) is 0 Å². The monoisotopic (exact) mass is 330 g/mol. The fourth-order valence-corrected chi connectivity index (χ4v) is 3.46. The number of carbonyl (C=O) groups excluding carboxylic acids is 2. The lowest BCUT2D eigenvalue weighted by molar-refractivity contribution is -0.140. The number of nitrogens with one attached hydrogen (secondary N) is 2. The largest absolute Gasteiger partial charge is 0.383 e. The first-order chi connectivity index (χ1) is 11.1. The summed E-state index contributed by atoms with van der Waals surface area (Å²) >= 11 is 1.52. The van der Waals surface area contributed by atoms with Crippen molar-refractivity contribution in [1.82, 2.24) is 10.6 Å². The standard InChI is InChI=1S/C17H18N2O3S/c20-15(18-10-13-5-3-9-23-13)16(21)19-11-17(22)8-7-12-4-1-2-6-14(12)17/h1-6,9,22H,7-8,10-11H2,(H,18,20)(H,19,21)/t17-/m1/s1. The molecule has 2 amide bonds. The minimum absolute atomic E-state index is 0.0370. The van der Waals surface area contributed by atoms with Gasteiger partial charge in [-0.05, 0) is 35.4 Å². The third-order valence-electron chi connectivity index (χ3n) is 4.08. The molecule has 0 saturated heterocycles. The molecule has 0 bridgehead atoms. The molecule has 6 heteroatoms. The summed E-state index contributed by atoms with van der Waals surface area (Å²) < 4.78 is 0. The van der Waals surface area contributed by atoms with E-state index >= 15 is 0 Å². The van der Waals surface area contributed by atoms with Gasteiger partial charge in [-0.25, -0.2) is 0 Å². The average Bonchev–Trinajstić information content (AvgIpc) is 3.20. The van der Waals surface area contributed by atoms with Crippen LogP contribution < -0.4 is 10.6 Å². The smallest absolute Gasteiger partial charge is 0.309 e. The van der Waals surface area contributed by atoms with Gasteiger partial charge in [-0.1, -0.05) is 30.3 Å². The fourth-order valence-electron chi connectivity index (χ4n) is 2.82. The van der Waals surface area contributed by atoms with E-state index in [1.165, 1.54) is 11.3 Å². The highest BCUT2D eigenvalue weighted by atomic mass is 32.1. The van der Waals surface area contributed by atoms with Crippen molar-refractivity contribution in [3.05, 3.63) is 57.8 Å². The van der Waals surface area contributed by atoms with Gasteiger partial charge >= 0.3 is 11.8 Å². The Morgan fingerprint density at radius 3 is 2.70 bits per heavy atom. The molecule has 1 atom stereocenters. The Labute approximate surface area is 138 Å². The summed E-state index contributed by atoms with van der Waals surface area (Å²) in [6, 6.07) is 11.4. The first kappa shape index (κ1) is 15.7. The second-order valence-corrected chi connectivity index (χ2v) is 6.67. The first-order valence-corrected chi connectivity index (χ1v) is 8.36. The number of rotatable bonds is 4. The summed E-state index contributed by atoms with van der Waals surface area (Å²) in [4.78, 5) is 24.7. The van der Waals surface area contributed by atoms with Crippen LogP contribution in [0.5, 0.6) is 0 Å². The van der Waals surface area contributed by atoms with Crippen LogP contribution in [0.25, 0.3) is 0 Å². The Kier molecular flexibility index (Phi) is 4.45. The maximum absolute atomic E-state index is 11.9. The number of amides is 2. The lowest BCUT2D eigenvalue weighted by Crippen LogP contribution is -2.45. The Bertz CT molecular complexity index is 714. The van der Waals surface area contributed by atoms with Crippen LogP contribution in [0.3, 0.4) is 0 Å². The van der Waals surface area contributed by atoms with Crippen molar-refractivity contribution in [3.63, 3.8) is 0 Å². The third kappa shape index (κ3) is 3.43. The van der Waals surface area contributed by atoms with Crippen molar-refractivity contribution in [1.29, 1.82) is 0 Å². The zero-order valence-corrected chi connectivity index (χ0v) is 13.4. The third-order valence-corrected chi connectivity index (χ3v) is 4.95.